The molecule has 0 aliphatic rings. The van der Waals surface area contributed by atoms with Crippen molar-refractivity contribution in [3.8, 4) is 0 Å². The summed E-state index contributed by atoms with van der Waals surface area (Å²) in [5.74, 6) is 3.64. The fourth-order valence-electron chi connectivity index (χ4n) is 1.61. The zero-order valence-electron chi connectivity index (χ0n) is 10.6. The molecule has 0 aliphatic heterocycles. The molecule has 0 saturated carbocycles. The lowest BCUT2D eigenvalue weighted by atomic mass is 10.2. The number of hydrazine groups is 1. The third-order valence-electron chi connectivity index (χ3n) is 2.59. The summed E-state index contributed by atoms with van der Waals surface area (Å²) in [4.78, 5) is 15.5. The van der Waals surface area contributed by atoms with Crippen molar-refractivity contribution in [3.63, 3.8) is 0 Å². The van der Waals surface area contributed by atoms with Gasteiger partial charge in [0.15, 0.2) is 11.6 Å². The van der Waals surface area contributed by atoms with E-state index in [2.05, 4.69) is 26.0 Å². The van der Waals surface area contributed by atoms with Crippen molar-refractivity contribution in [1.82, 2.24) is 25.3 Å². The third-order valence-corrected chi connectivity index (χ3v) is 2.59. The molecule has 2 aromatic rings. The number of hydrogen-bond acceptors (Lipinski definition) is 6. The number of amides is 1. The Bertz CT molecular complexity index is 572. The Labute approximate surface area is 114 Å². The predicted molar refractivity (Wildman–Crippen MR) is 69.0 cm³/mol. The fourth-order valence-corrected chi connectivity index (χ4v) is 1.61. The predicted octanol–water partition coefficient (Wildman–Crippen LogP) is -0.0821. The van der Waals surface area contributed by atoms with Gasteiger partial charge in [-0.15, -0.1) is 5.10 Å². The molecule has 9 heteroatoms. The number of aryl methyl sites for hydroxylation is 1. The fraction of sp³-hybridized carbons (Fsp3) is 0.273. The molecule has 2 aromatic heterocycles. The SMILES string of the molecule is NNc1nccc(C(=O)NCCCn2ccnn2)c1F. The topological polar surface area (TPSA) is 111 Å². The first-order valence-corrected chi connectivity index (χ1v) is 5.96. The maximum Gasteiger partial charge on any atom is 0.254 e. The average Bonchev–Trinajstić information content (AvgIpc) is 2.97. The molecule has 2 rings (SSSR count). The largest absolute Gasteiger partial charge is 0.352 e. The number of anilines is 1. The molecule has 0 saturated heterocycles. The van der Waals surface area contributed by atoms with Gasteiger partial charge >= 0.3 is 0 Å². The second kappa shape index (κ2) is 6.57. The van der Waals surface area contributed by atoms with Crippen LogP contribution in [-0.2, 0) is 6.54 Å². The molecule has 0 unspecified atom stereocenters. The second-order valence-corrected chi connectivity index (χ2v) is 3.94. The van der Waals surface area contributed by atoms with Crippen LogP contribution in [-0.4, -0.2) is 32.4 Å². The zero-order chi connectivity index (χ0) is 14.4. The van der Waals surface area contributed by atoms with Gasteiger partial charge in [-0.05, 0) is 12.5 Å². The van der Waals surface area contributed by atoms with Crippen LogP contribution in [0.1, 0.15) is 16.8 Å². The summed E-state index contributed by atoms with van der Waals surface area (Å²) in [7, 11) is 0. The van der Waals surface area contributed by atoms with E-state index in [9.17, 15) is 9.18 Å². The van der Waals surface area contributed by atoms with Gasteiger partial charge < -0.3 is 10.7 Å². The Morgan fingerprint density at radius 3 is 3.00 bits per heavy atom. The number of aromatic nitrogens is 4. The third kappa shape index (κ3) is 3.26. The van der Waals surface area contributed by atoms with Gasteiger partial charge in [-0.2, -0.15) is 0 Å². The average molecular weight is 279 g/mol. The van der Waals surface area contributed by atoms with Gasteiger partial charge in [0.05, 0.1) is 11.8 Å². The monoisotopic (exact) mass is 279 g/mol. The Morgan fingerprint density at radius 2 is 2.30 bits per heavy atom. The minimum absolute atomic E-state index is 0.103. The van der Waals surface area contributed by atoms with Gasteiger partial charge in [-0.25, -0.2) is 15.2 Å². The number of hydrogen-bond donors (Lipinski definition) is 3. The molecule has 4 N–H and O–H groups in total. The van der Waals surface area contributed by atoms with Crippen molar-refractivity contribution >= 4 is 11.7 Å². The second-order valence-electron chi connectivity index (χ2n) is 3.94. The van der Waals surface area contributed by atoms with Gasteiger partial charge in [-0.1, -0.05) is 5.21 Å². The number of carbonyl (C=O) groups is 1. The lowest BCUT2D eigenvalue weighted by Gasteiger charge is -2.08. The van der Waals surface area contributed by atoms with Gasteiger partial charge in [0, 0.05) is 25.5 Å². The number of nitrogen functional groups attached to an aromatic ring is 1. The van der Waals surface area contributed by atoms with Crippen LogP contribution in [0.15, 0.2) is 24.7 Å². The van der Waals surface area contributed by atoms with E-state index in [1.54, 1.807) is 17.1 Å². The van der Waals surface area contributed by atoms with Crippen LogP contribution in [0.3, 0.4) is 0 Å². The highest BCUT2D eigenvalue weighted by molar-refractivity contribution is 5.95. The molecule has 20 heavy (non-hydrogen) atoms. The molecule has 0 bridgehead atoms. The summed E-state index contributed by atoms with van der Waals surface area (Å²) in [6.07, 6.45) is 5.27. The van der Waals surface area contributed by atoms with Crippen molar-refractivity contribution < 1.29 is 9.18 Å². The highest BCUT2D eigenvalue weighted by Crippen LogP contribution is 2.13. The van der Waals surface area contributed by atoms with E-state index in [0.717, 1.165) is 0 Å². The molecule has 106 valence electrons. The maximum absolute atomic E-state index is 13.8. The zero-order valence-corrected chi connectivity index (χ0v) is 10.6. The highest BCUT2D eigenvalue weighted by atomic mass is 19.1. The van der Waals surface area contributed by atoms with E-state index < -0.39 is 11.7 Å². The van der Waals surface area contributed by atoms with E-state index >= 15 is 0 Å². The van der Waals surface area contributed by atoms with E-state index in [0.29, 0.717) is 19.5 Å². The first kappa shape index (κ1) is 13.9. The number of nitrogens with zero attached hydrogens (tertiary/aromatic N) is 4. The van der Waals surface area contributed by atoms with Crippen LogP contribution in [0, 0.1) is 5.82 Å². The van der Waals surface area contributed by atoms with Crippen molar-refractivity contribution in [1.29, 1.82) is 0 Å². The van der Waals surface area contributed by atoms with Crippen LogP contribution in [0.4, 0.5) is 10.2 Å². The summed E-state index contributed by atoms with van der Waals surface area (Å²) in [5, 5.41) is 10.1. The Hall–Kier alpha value is -2.55. The normalized spacial score (nSPS) is 10.3. The number of nitrogens with two attached hydrogens (primary N) is 1. The van der Waals surface area contributed by atoms with Crippen molar-refractivity contribution in [2.75, 3.05) is 12.0 Å². The van der Waals surface area contributed by atoms with Crippen LogP contribution < -0.4 is 16.6 Å². The molecular formula is C11H14FN7O. The molecule has 1 amide bonds. The quantitative estimate of drug-likeness (QED) is 0.387. The van der Waals surface area contributed by atoms with Crippen LogP contribution in [0.5, 0.6) is 0 Å². The summed E-state index contributed by atoms with van der Waals surface area (Å²) in [6, 6.07) is 1.29. The summed E-state index contributed by atoms with van der Waals surface area (Å²) in [5.41, 5.74) is 1.99. The van der Waals surface area contributed by atoms with Gasteiger partial charge in [0.1, 0.15) is 0 Å². The molecule has 0 radical (unpaired) electrons. The molecule has 0 aromatic carbocycles. The van der Waals surface area contributed by atoms with Crippen LogP contribution in [0.25, 0.3) is 0 Å². The Kier molecular flexibility index (Phi) is 4.56. The van der Waals surface area contributed by atoms with Crippen molar-refractivity contribution in [3.05, 3.63) is 36.0 Å². The van der Waals surface area contributed by atoms with E-state index in [4.69, 9.17) is 5.84 Å². The first-order valence-electron chi connectivity index (χ1n) is 5.96. The Morgan fingerprint density at radius 1 is 1.45 bits per heavy atom. The number of halogens is 1. The summed E-state index contributed by atoms with van der Waals surface area (Å²) < 4.78 is 15.4. The highest BCUT2D eigenvalue weighted by Gasteiger charge is 2.14. The molecule has 8 nitrogen and oxygen atoms in total. The van der Waals surface area contributed by atoms with Gasteiger partial charge in [-0.3, -0.25) is 9.48 Å². The van der Waals surface area contributed by atoms with E-state index in [1.165, 1.54) is 12.3 Å². The van der Waals surface area contributed by atoms with E-state index in [-0.39, 0.29) is 11.4 Å². The number of pyridine rings is 1. The van der Waals surface area contributed by atoms with E-state index in [1.807, 2.05) is 0 Å². The lowest BCUT2D eigenvalue weighted by molar-refractivity contribution is 0.0948. The minimum Gasteiger partial charge on any atom is -0.352 e. The van der Waals surface area contributed by atoms with Crippen LogP contribution >= 0.6 is 0 Å². The standard InChI is InChI=1S/C11H14FN7O/c12-9-8(2-4-14-10(9)17-13)11(20)15-3-1-6-19-7-5-16-18-19/h2,4-5,7H,1,3,6,13H2,(H,14,17)(H,15,20). The smallest absolute Gasteiger partial charge is 0.254 e. The van der Waals surface area contributed by atoms with Gasteiger partial charge in [0.2, 0.25) is 0 Å². The number of carbonyl (C=O) groups excluding carboxylic acids is 1. The van der Waals surface area contributed by atoms with Crippen molar-refractivity contribution in [2.45, 2.75) is 13.0 Å². The molecule has 0 fully saturated rings. The molecule has 2 heterocycles. The molecule has 0 atom stereocenters. The van der Waals surface area contributed by atoms with Gasteiger partial charge in [0.25, 0.3) is 5.91 Å². The molecule has 0 spiro atoms. The molecule has 0 aliphatic carbocycles. The maximum atomic E-state index is 13.8. The van der Waals surface area contributed by atoms with Crippen LogP contribution in [0.2, 0.25) is 0 Å². The van der Waals surface area contributed by atoms with Crippen molar-refractivity contribution in [2.24, 2.45) is 5.84 Å². The minimum atomic E-state index is -0.774. The number of rotatable bonds is 6. The lowest BCUT2D eigenvalue weighted by Crippen LogP contribution is -2.27. The Balaban J connectivity index is 1.86. The summed E-state index contributed by atoms with van der Waals surface area (Å²) >= 11 is 0. The summed E-state index contributed by atoms with van der Waals surface area (Å²) in [6.45, 7) is 1.01. The first-order chi connectivity index (χ1) is 9.72. The number of nitrogens with one attached hydrogen (secondary N) is 2. The molecular weight excluding hydrogens is 265 g/mol.